The first-order valence-corrected chi connectivity index (χ1v) is 16.3. The van der Waals surface area contributed by atoms with Crippen molar-refractivity contribution in [1.82, 2.24) is 0 Å². The predicted molar refractivity (Wildman–Crippen MR) is 105 cm³/mol. The van der Waals surface area contributed by atoms with E-state index >= 15 is 0 Å². The first-order valence-electron chi connectivity index (χ1n) is 9.10. The summed E-state index contributed by atoms with van der Waals surface area (Å²) in [5.74, 6) is 1.09. The van der Waals surface area contributed by atoms with E-state index in [1.54, 1.807) is 35.1 Å². The molecule has 0 radical (unpaired) electrons. The molecule has 0 saturated heterocycles. The van der Waals surface area contributed by atoms with E-state index in [0.29, 0.717) is 3.63 Å². The molecule has 143 valence electrons. The van der Waals surface area contributed by atoms with Gasteiger partial charge in [-0.15, -0.1) is 0 Å². The van der Waals surface area contributed by atoms with E-state index in [1.165, 1.54) is 22.3 Å². The SMILES string of the molecule is CCO[Si]1(C)C2=C1[CH]([Zr+2])c1ccc(O[Si](C)(C)C)c(C3=CC=CC3)c12.[Cl-].[Cl-]. The van der Waals surface area contributed by atoms with Crippen molar-refractivity contribution in [3.05, 3.63) is 52.2 Å². The Balaban J connectivity index is 0.00000131. The topological polar surface area (TPSA) is 18.5 Å². The van der Waals surface area contributed by atoms with E-state index < -0.39 is 16.6 Å². The van der Waals surface area contributed by atoms with Crippen LogP contribution in [0.25, 0.3) is 10.8 Å². The molecule has 1 heterocycles. The van der Waals surface area contributed by atoms with Crippen LogP contribution < -0.4 is 29.2 Å². The molecule has 2 atom stereocenters. The minimum atomic E-state index is -1.77. The standard InChI is InChI=1S/C20H25O2Si2.2ClH.Zr/c1-6-21-24(5)17-13-15-11-12-16(22-23(2,3)4)18(19(15)20(17)24)14-9-7-8-10-14;;;/h7-9,11-13H,6,10H2,1-5H3;2*1H;/q;;;+2/p-2. The van der Waals surface area contributed by atoms with Crippen molar-refractivity contribution in [1.29, 1.82) is 0 Å². The molecule has 0 spiro atoms. The van der Waals surface area contributed by atoms with Crippen LogP contribution in [-0.4, -0.2) is 23.2 Å². The van der Waals surface area contributed by atoms with Crippen LogP contribution in [0.1, 0.15) is 33.7 Å². The molecule has 2 aliphatic carbocycles. The molecule has 7 heteroatoms. The smallest absolute Gasteiger partial charge is 1.00 e. The van der Waals surface area contributed by atoms with Crippen molar-refractivity contribution >= 4 is 27.4 Å². The van der Waals surface area contributed by atoms with Crippen LogP contribution >= 0.6 is 0 Å². The number of hydrogen-bond acceptors (Lipinski definition) is 2. The van der Waals surface area contributed by atoms with E-state index in [-0.39, 0.29) is 24.8 Å². The minimum absolute atomic E-state index is 0. The van der Waals surface area contributed by atoms with Crippen LogP contribution in [0.15, 0.2) is 35.6 Å². The summed E-state index contributed by atoms with van der Waals surface area (Å²) in [7, 11) is -3.43. The maximum absolute atomic E-state index is 6.53. The number of rotatable bonds is 5. The van der Waals surface area contributed by atoms with Crippen molar-refractivity contribution in [3.63, 3.8) is 0 Å². The summed E-state index contributed by atoms with van der Waals surface area (Å²) in [6.07, 6.45) is 7.71. The van der Waals surface area contributed by atoms with Gasteiger partial charge in [0.15, 0.2) is 0 Å². The van der Waals surface area contributed by atoms with Gasteiger partial charge in [0, 0.05) is 0 Å². The molecule has 1 aromatic rings. The monoisotopic (exact) mass is 513 g/mol. The molecule has 0 fully saturated rings. The molecular formula is C20H25Cl2O2Si2Zr. The average molecular weight is 516 g/mol. The van der Waals surface area contributed by atoms with Gasteiger partial charge in [-0.25, -0.2) is 0 Å². The molecule has 0 aromatic heterocycles. The van der Waals surface area contributed by atoms with E-state index in [1.807, 2.05) is 0 Å². The van der Waals surface area contributed by atoms with Crippen molar-refractivity contribution in [3.8, 4) is 5.75 Å². The Morgan fingerprint density at radius 2 is 1.89 bits per heavy atom. The van der Waals surface area contributed by atoms with Gasteiger partial charge in [0.2, 0.25) is 0 Å². The van der Waals surface area contributed by atoms with Crippen molar-refractivity contribution < 1.29 is 58.4 Å². The van der Waals surface area contributed by atoms with Gasteiger partial charge in [0.05, 0.1) is 0 Å². The Labute approximate surface area is 192 Å². The molecule has 1 aliphatic heterocycles. The van der Waals surface area contributed by atoms with Gasteiger partial charge in [-0.2, -0.15) is 0 Å². The summed E-state index contributed by atoms with van der Waals surface area (Å²) in [5, 5.41) is 3.23. The minimum Gasteiger partial charge on any atom is -1.00 e. The van der Waals surface area contributed by atoms with Crippen LogP contribution in [0.5, 0.6) is 5.75 Å². The van der Waals surface area contributed by atoms with Gasteiger partial charge in [0.25, 0.3) is 0 Å². The fourth-order valence-electron chi connectivity index (χ4n) is 4.24. The van der Waals surface area contributed by atoms with Gasteiger partial charge >= 0.3 is 169 Å². The zero-order chi connectivity index (χ0) is 18.0. The number of hydrogen-bond donors (Lipinski definition) is 0. The fraction of sp³-hybridized carbons (Fsp3) is 0.400. The quantitative estimate of drug-likeness (QED) is 0.484. The third kappa shape index (κ3) is 3.81. The first kappa shape index (κ1) is 23.4. The van der Waals surface area contributed by atoms with Crippen LogP contribution in [0.2, 0.25) is 26.2 Å². The molecule has 0 amide bonds. The average Bonchev–Trinajstić information content (AvgIpc) is 2.88. The summed E-state index contributed by atoms with van der Waals surface area (Å²) in [6, 6.07) is 4.55. The zero-order valence-electron chi connectivity index (χ0n) is 16.5. The second-order valence-electron chi connectivity index (χ2n) is 8.13. The van der Waals surface area contributed by atoms with Crippen molar-refractivity contribution in [2.24, 2.45) is 0 Å². The largest absolute Gasteiger partial charge is 1.00 e. The maximum atomic E-state index is 6.53. The Morgan fingerprint density at radius 3 is 2.44 bits per heavy atom. The van der Waals surface area contributed by atoms with E-state index in [4.69, 9.17) is 8.85 Å². The summed E-state index contributed by atoms with van der Waals surface area (Å²) in [4.78, 5) is 0. The van der Waals surface area contributed by atoms with Crippen LogP contribution in [0, 0.1) is 0 Å². The van der Waals surface area contributed by atoms with Crippen LogP contribution in [0.4, 0.5) is 0 Å². The van der Waals surface area contributed by atoms with Crippen molar-refractivity contribution in [2.75, 3.05) is 6.61 Å². The number of fused-ring (bicyclic) bond motifs is 2. The Kier molecular flexibility index (Phi) is 7.00. The number of halogens is 2. The van der Waals surface area contributed by atoms with E-state index in [0.717, 1.165) is 18.8 Å². The summed E-state index contributed by atoms with van der Waals surface area (Å²) in [6.45, 7) is 12.1. The van der Waals surface area contributed by atoms with Gasteiger partial charge in [-0.05, 0) is 0 Å². The first-order chi connectivity index (χ1) is 11.8. The second kappa shape index (κ2) is 8.08. The maximum Gasteiger partial charge on any atom is -1.00 e. The fourth-order valence-corrected chi connectivity index (χ4v) is 12.3. The summed E-state index contributed by atoms with van der Waals surface area (Å²) >= 11 is 1.58. The third-order valence-corrected chi connectivity index (χ3v) is 11.9. The molecular weight excluding hydrogens is 491 g/mol. The number of allylic oxidation sites excluding steroid dienone is 5. The van der Waals surface area contributed by atoms with E-state index in [9.17, 15) is 0 Å². The molecule has 2 nitrogen and oxygen atoms in total. The van der Waals surface area contributed by atoms with Crippen LogP contribution in [-0.2, 0) is 29.1 Å². The molecule has 3 aliphatic rings. The Hall–Kier alpha value is 0.0969. The summed E-state index contributed by atoms with van der Waals surface area (Å²) in [5.41, 5.74) is 5.75. The van der Waals surface area contributed by atoms with Gasteiger partial charge < -0.3 is 24.8 Å². The van der Waals surface area contributed by atoms with Gasteiger partial charge in [0.1, 0.15) is 0 Å². The predicted octanol–water partition coefficient (Wildman–Crippen LogP) is -0.689. The number of benzene rings is 1. The molecule has 0 saturated carbocycles. The third-order valence-electron chi connectivity index (χ3n) is 5.19. The second-order valence-corrected chi connectivity index (χ2v) is 17.4. The van der Waals surface area contributed by atoms with E-state index in [2.05, 4.69) is 63.5 Å². The van der Waals surface area contributed by atoms with Crippen LogP contribution in [0.3, 0.4) is 0 Å². The zero-order valence-corrected chi connectivity index (χ0v) is 22.4. The summed E-state index contributed by atoms with van der Waals surface area (Å²) < 4.78 is 13.4. The molecule has 0 bridgehead atoms. The Bertz CT molecular complexity index is 858. The molecule has 1 aromatic carbocycles. The molecule has 4 rings (SSSR count). The van der Waals surface area contributed by atoms with Crippen molar-refractivity contribution in [2.45, 2.75) is 43.2 Å². The molecule has 27 heavy (non-hydrogen) atoms. The van der Waals surface area contributed by atoms with Gasteiger partial charge in [-0.1, -0.05) is 0 Å². The van der Waals surface area contributed by atoms with Gasteiger partial charge in [-0.3, -0.25) is 0 Å². The normalized spacial score (nSPS) is 24.7. The Morgan fingerprint density at radius 1 is 1.19 bits per heavy atom. The molecule has 0 N–H and O–H groups in total. The molecule has 2 unspecified atom stereocenters.